The molecule has 1 N–H and O–H groups in total. The van der Waals surface area contributed by atoms with Crippen molar-refractivity contribution in [3.63, 3.8) is 0 Å². The molecule has 0 spiro atoms. The number of thiophene rings is 1. The number of hydrogen-bond acceptors (Lipinski definition) is 4. The topological polar surface area (TPSA) is 70.0 Å². The van der Waals surface area contributed by atoms with E-state index in [9.17, 15) is 8.42 Å². The van der Waals surface area contributed by atoms with Crippen molar-refractivity contribution in [1.29, 1.82) is 5.26 Å². The average Bonchev–Trinajstić information content (AvgIpc) is 2.56. The zero-order valence-corrected chi connectivity index (χ0v) is 13.0. The Morgan fingerprint density at radius 3 is 2.59 bits per heavy atom. The standard InChI is InChI=1S/C10H13BrN2O2S2/c1-7-8(4-9(11)16-7)17(14,15)13-6-10(2,3)5-12/h4,13H,6H2,1-3H3. The molecule has 94 valence electrons. The van der Waals surface area contributed by atoms with Gasteiger partial charge in [0.05, 0.1) is 20.2 Å². The van der Waals surface area contributed by atoms with Crippen molar-refractivity contribution in [3.05, 3.63) is 14.7 Å². The second-order valence-corrected chi connectivity index (χ2v) is 8.66. The molecule has 0 aliphatic rings. The minimum atomic E-state index is -3.53. The Morgan fingerprint density at radius 1 is 1.59 bits per heavy atom. The quantitative estimate of drug-likeness (QED) is 0.918. The molecule has 4 nitrogen and oxygen atoms in total. The molecule has 7 heteroatoms. The molecule has 0 bridgehead atoms. The van der Waals surface area contributed by atoms with Gasteiger partial charge in [0.15, 0.2) is 0 Å². The summed E-state index contributed by atoms with van der Waals surface area (Å²) in [7, 11) is -3.53. The van der Waals surface area contributed by atoms with Gasteiger partial charge in [0, 0.05) is 11.4 Å². The second kappa shape index (κ2) is 5.06. The number of nitrogens with one attached hydrogen (secondary N) is 1. The number of halogens is 1. The molecule has 0 fully saturated rings. The van der Waals surface area contributed by atoms with Crippen LogP contribution in [-0.4, -0.2) is 15.0 Å². The lowest BCUT2D eigenvalue weighted by Gasteiger charge is -2.15. The van der Waals surface area contributed by atoms with E-state index in [0.717, 1.165) is 8.66 Å². The van der Waals surface area contributed by atoms with Gasteiger partial charge in [-0.15, -0.1) is 11.3 Å². The van der Waals surface area contributed by atoms with Crippen LogP contribution in [0, 0.1) is 23.7 Å². The van der Waals surface area contributed by atoms with Gasteiger partial charge in [0.2, 0.25) is 10.0 Å². The first kappa shape index (κ1) is 14.6. The fourth-order valence-corrected chi connectivity index (χ4v) is 4.71. The van der Waals surface area contributed by atoms with E-state index in [1.807, 2.05) is 0 Å². The molecule has 1 aromatic heterocycles. The molecule has 1 heterocycles. The predicted molar refractivity (Wildman–Crippen MR) is 71.3 cm³/mol. The summed E-state index contributed by atoms with van der Waals surface area (Å²) in [5.74, 6) is 0. The molecule has 0 aliphatic carbocycles. The third kappa shape index (κ3) is 3.78. The lowest BCUT2D eigenvalue weighted by molar-refractivity contribution is 0.479. The Hall–Kier alpha value is -0.420. The Bertz CT molecular complexity index is 555. The SMILES string of the molecule is Cc1sc(Br)cc1S(=O)(=O)NCC(C)(C)C#N. The number of sulfonamides is 1. The van der Waals surface area contributed by atoms with Gasteiger partial charge in [-0.2, -0.15) is 5.26 Å². The summed E-state index contributed by atoms with van der Waals surface area (Å²) in [4.78, 5) is 0.988. The second-order valence-electron chi connectivity index (χ2n) is 4.29. The molecule has 0 aliphatic heterocycles. The van der Waals surface area contributed by atoms with Crippen LogP contribution in [0.5, 0.6) is 0 Å². The van der Waals surface area contributed by atoms with Crippen molar-refractivity contribution in [3.8, 4) is 6.07 Å². The average molecular weight is 337 g/mol. The molecule has 0 aromatic carbocycles. The van der Waals surface area contributed by atoms with Gasteiger partial charge in [0.1, 0.15) is 0 Å². The molecular weight excluding hydrogens is 324 g/mol. The van der Waals surface area contributed by atoms with Crippen LogP contribution in [0.15, 0.2) is 14.7 Å². The third-order valence-electron chi connectivity index (χ3n) is 2.14. The number of nitriles is 1. The molecule has 1 rings (SSSR count). The van der Waals surface area contributed by atoms with Crippen molar-refractivity contribution < 1.29 is 8.42 Å². The zero-order valence-electron chi connectivity index (χ0n) is 9.74. The number of aryl methyl sites for hydroxylation is 1. The highest BCUT2D eigenvalue weighted by molar-refractivity contribution is 9.11. The molecule has 1 aromatic rings. The van der Waals surface area contributed by atoms with E-state index in [-0.39, 0.29) is 11.4 Å². The van der Waals surface area contributed by atoms with E-state index in [4.69, 9.17) is 5.26 Å². The maximum Gasteiger partial charge on any atom is 0.241 e. The van der Waals surface area contributed by atoms with Crippen LogP contribution in [0.25, 0.3) is 0 Å². The van der Waals surface area contributed by atoms with Crippen LogP contribution >= 0.6 is 27.3 Å². The van der Waals surface area contributed by atoms with Crippen LogP contribution in [0.4, 0.5) is 0 Å². The fourth-order valence-electron chi connectivity index (χ4n) is 1.09. The van der Waals surface area contributed by atoms with Crippen LogP contribution in [0.1, 0.15) is 18.7 Å². The minimum absolute atomic E-state index is 0.0960. The maximum absolute atomic E-state index is 12.0. The Morgan fingerprint density at radius 2 is 2.18 bits per heavy atom. The Kier molecular flexibility index (Phi) is 4.36. The summed E-state index contributed by atoms with van der Waals surface area (Å²) in [5, 5.41) is 8.83. The normalized spacial score (nSPS) is 12.4. The first-order chi connectivity index (χ1) is 7.68. The highest BCUT2D eigenvalue weighted by Gasteiger charge is 2.24. The summed E-state index contributed by atoms with van der Waals surface area (Å²) in [5.41, 5.74) is -0.714. The molecule has 0 saturated carbocycles. The van der Waals surface area contributed by atoms with E-state index in [1.165, 1.54) is 11.3 Å². The van der Waals surface area contributed by atoms with E-state index < -0.39 is 15.4 Å². The third-order valence-corrected chi connectivity index (χ3v) is 5.35. The van der Waals surface area contributed by atoms with Gasteiger partial charge < -0.3 is 0 Å². The molecule has 0 atom stereocenters. The summed E-state index contributed by atoms with van der Waals surface area (Å²) >= 11 is 4.62. The Balaban J connectivity index is 2.92. The van der Waals surface area contributed by atoms with E-state index in [2.05, 4.69) is 26.7 Å². The van der Waals surface area contributed by atoms with Crippen LogP contribution in [-0.2, 0) is 10.0 Å². The van der Waals surface area contributed by atoms with Gasteiger partial charge in [-0.1, -0.05) is 0 Å². The monoisotopic (exact) mass is 336 g/mol. The van der Waals surface area contributed by atoms with Crippen LogP contribution in [0.2, 0.25) is 0 Å². The van der Waals surface area contributed by atoms with E-state index in [1.54, 1.807) is 26.8 Å². The van der Waals surface area contributed by atoms with E-state index in [0.29, 0.717) is 0 Å². The van der Waals surface area contributed by atoms with E-state index >= 15 is 0 Å². The minimum Gasteiger partial charge on any atom is -0.210 e. The molecule has 17 heavy (non-hydrogen) atoms. The summed E-state index contributed by atoms with van der Waals surface area (Å²) in [6.45, 7) is 5.22. The summed E-state index contributed by atoms with van der Waals surface area (Å²) in [6, 6.07) is 3.62. The highest BCUT2D eigenvalue weighted by atomic mass is 79.9. The number of rotatable bonds is 4. The van der Waals surface area contributed by atoms with Crippen molar-refractivity contribution in [2.45, 2.75) is 25.7 Å². The number of nitrogens with zero attached hydrogens (tertiary/aromatic N) is 1. The van der Waals surface area contributed by atoms with Gasteiger partial charge >= 0.3 is 0 Å². The largest absolute Gasteiger partial charge is 0.241 e. The van der Waals surface area contributed by atoms with Gasteiger partial charge in [-0.05, 0) is 42.8 Å². The first-order valence-corrected chi connectivity index (χ1v) is 7.94. The first-order valence-electron chi connectivity index (χ1n) is 4.85. The van der Waals surface area contributed by atoms with Crippen molar-refractivity contribution in [2.24, 2.45) is 5.41 Å². The molecule has 0 unspecified atom stereocenters. The summed E-state index contributed by atoms with van der Waals surface area (Å²) in [6.07, 6.45) is 0. The van der Waals surface area contributed by atoms with Crippen LogP contribution in [0.3, 0.4) is 0 Å². The maximum atomic E-state index is 12.0. The van der Waals surface area contributed by atoms with Crippen molar-refractivity contribution in [1.82, 2.24) is 4.72 Å². The molecule has 0 radical (unpaired) electrons. The van der Waals surface area contributed by atoms with Crippen LogP contribution < -0.4 is 4.72 Å². The molecule has 0 saturated heterocycles. The lowest BCUT2D eigenvalue weighted by Crippen LogP contribution is -2.33. The predicted octanol–water partition coefficient (Wildman–Crippen LogP) is 2.65. The smallest absolute Gasteiger partial charge is 0.210 e. The highest BCUT2D eigenvalue weighted by Crippen LogP contribution is 2.29. The van der Waals surface area contributed by atoms with Gasteiger partial charge in [0.25, 0.3) is 0 Å². The molecule has 0 amide bonds. The van der Waals surface area contributed by atoms with Crippen molar-refractivity contribution >= 4 is 37.3 Å². The Labute approximate surface area is 114 Å². The summed E-state index contributed by atoms with van der Waals surface area (Å²) < 4.78 is 27.2. The number of hydrogen-bond donors (Lipinski definition) is 1. The van der Waals surface area contributed by atoms with Gasteiger partial charge in [-0.3, -0.25) is 0 Å². The zero-order chi connectivity index (χ0) is 13.3. The fraction of sp³-hybridized carbons (Fsp3) is 0.500. The lowest BCUT2D eigenvalue weighted by atomic mass is 9.97. The van der Waals surface area contributed by atoms with Gasteiger partial charge in [-0.25, -0.2) is 13.1 Å². The molecular formula is C10H13BrN2O2S2. The van der Waals surface area contributed by atoms with Crippen molar-refractivity contribution in [2.75, 3.05) is 6.54 Å².